The van der Waals surface area contributed by atoms with Crippen molar-refractivity contribution < 1.29 is 9.32 Å². The third-order valence-electron chi connectivity index (χ3n) is 6.27. The second kappa shape index (κ2) is 7.55. The third-order valence-corrected chi connectivity index (χ3v) is 6.27. The Balaban J connectivity index is 1.45. The molecule has 0 N–H and O–H groups in total. The quantitative estimate of drug-likeness (QED) is 0.663. The number of hydrogen-bond donors (Lipinski definition) is 0. The van der Waals surface area contributed by atoms with E-state index in [1.807, 2.05) is 43.1 Å². The zero-order valence-electron chi connectivity index (χ0n) is 17.2. The molecule has 0 saturated carbocycles. The van der Waals surface area contributed by atoms with Crippen LogP contribution in [-0.2, 0) is 0 Å². The van der Waals surface area contributed by atoms with Gasteiger partial charge in [0, 0.05) is 49.9 Å². The van der Waals surface area contributed by atoms with Crippen LogP contribution in [0.2, 0.25) is 0 Å². The van der Waals surface area contributed by atoms with Crippen LogP contribution < -0.4 is 4.90 Å². The van der Waals surface area contributed by atoms with Crippen molar-refractivity contribution in [1.82, 2.24) is 20.0 Å². The van der Waals surface area contributed by atoms with Crippen LogP contribution in [0.4, 0.5) is 5.82 Å². The number of amides is 1. The average Bonchev–Trinajstić information content (AvgIpc) is 3.49. The van der Waals surface area contributed by atoms with Gasteiger partial charge < -0.3 is 14.3 Å². The fourth-order valence-corrected chi connectivity index (χ4v) is 4.78. The lowest BCUT2D eigenvalue weighted by Gasteiger charge is -2.29. The molecule has 0 aliphatic carbocycles. The molecule has 0 unspecified atom stereocenters. The van der Waals surface area contributed by atoms with Crippen LogP contribution in [0.1, 0.15) is 47.6 Å². The Morgan fingerprint density at radius 2 is 1.97 bits per heavy atom. The summed E-state index contributed by atoms with van der Waals surface area (Å²) in [6.07, 6.45) is 5.23. The molecule has 2 aromatic heterocycles. The van der Waals surface area contributed by atoms with Gasteiger partial charge in [-0.1, -0.05) is 49.3 Å². The molecule has 0 radical (unpaired) electrons. The number of aromatic nitrogens is 3. The summed E-state index contributed by atoms with van der Waals surface area (Å²) in [6, 6.07) is 12.1. The monoisotopic (exact) mass is 403 g/mol. The molecular formula is C23H25N5O2. The molecule has 7 nitrogen and oxygen atoms in total. The van der Waals surface area contributed by atoms with Crippen LogP contribution in [0.3, 0.4) is 0 Å². The summed E-state index contributed by atoms with van der Waals surface area (Å²) in [5, 5.41) is 4.08. The minimum absolute atomic E-state index is 0.00188. The number of anilines is 1. The molecule has 5 rings (SSSR count). The first-order valence-corrected chi connectivity index (χ1v) is 10.5. The van der Waals surface area contributed by atoms with Gasteiger partial charge in [-0.2, -0.15) is 0 Å². The molecule has 4 heterocycles. The zero-order chi connectivity index (χ0) is 20.7. The van der Waals surface area contributed by atoms with Gasteiger partial charge in [-0.05, 0) is 11.5 Å². The number of rotatable bonds is 4. The van der Waals surface area contributed by atoms with E-state index in [2.05, 4.69) is 32.2 Å². The molecule has 30 heavy (non-hydrogen) atoms. The molecule has 0 bridgehead atoms. The van der Waals surface area contributed by atoms with Crippen molar-refractivity contribution >= 4 is 11.7 Å². The number of likely N-dealkylation sites (tertiary alicyclic amines) is 1. The number of nitrogens with zero attached hydrogens (tertiary/aromatic N) is 5. The highest BCUT2D eigenvalue weighted by Crippen LogP contribution is 2.46. The van der Waals surface area contributed by atoms with Crippen molar-refractivity contribution in [1.29, 1.82) is 0 Å². The van der Waals surface area contributed by atoms with Crippen molar-refractivity contribution in [2.45, 2.75) is 25.8 Å². The summed E-state index contributed by atoms with van der Waals surface area (Å²) in [6.45, 7) is 6.49. The highest BCUT2D eigenvalue weighted by molar-refractivity contribution is 5.92. The highest BCUT2D eigenvalue weighted by Gasteiger charge is 2.50. The smallest absolute Gasteiger partial charge is 0.293 e. The Labute approximate surface area is 175 Å². The topological polar surface area (TPSA) is 75.4 Å². The van der Waals surface area contributed by atoms with Gasteiger partial charge in [0.2, 0.25) is 5.76 Å². The van der Waals surface area contributed by atoms with Crippen molar-refractivity contribution in [3.8, 4) is 0 Å². The molecule has 0 spiro atoms. The fourth-order valence-electron chi connectivity index (χ4n) is 4.78. The van der Waals surface area contributed by atoms with Gasteiger partial charge in [0.1, 0.15) is 5.82 Å². The molecule has 1 aromatic carbocycles. The lowest BCUT2D eigenvalue weighted by molar-refractivity contribution is 0.0673. The van der Waals surface area contributed by atoms with Crippen molar-refractivity contribution in [3.63, 3.8) is 0 Å². The van der Waals surface area contributed by atoms with Gasteiger partial charge in [-0.15, -0.1) is 0 Å². The van der Waals surface area contributed by atoms with Gasteiger partial charge in [0.25, 0.3) is 5.91 Å². The minimum Gasteiger partial charge on any atom is -0.355 e. The van der Waals surface area contributed by atoms with Crippen molar-refractivity contribution in [2.24, 2.45) is 11.8 Å². The van der Waals surface area contributed by atoms with Gasteiger partial charge >= 0.3 is 0 Å². The summed E-state index contributed by atoms with van der Waals surface area (Å²) < 4.78 is 5.43. The molecule has 3 aromatic rings. The number of hydrogen-bond acceptors (Lipinski definition) is 6. The number of fused-ring (bicyclic) bond motifs is 1. The Morgan fingerprint density at radius 1 is 1.13 bits per heavy atom. The number of benzene rings is 1. The largest absolute Gasteiger partial charge is 0.355 e. The molecule has 154 valence electrons. The summed E-state index contributed by atoms with van der Waals surface area (Å²) in [5.74, 6) is 2.06. The molecule has 7 heteroatoms. The first-order valence-electron chi connectivity index (χ1n) is 10.5. The van der Waals surface area contributed by atoms with E-state index in [4.69, 9.17) is 4.52 Å². The van der Waals surface area contributed by atoms with E-state index >= 15 is 0 Å². The Kier molecular flexibility index (Phi) is 4.73. The van der Waals surface area contributed by atoms with E-state index < -0.39 is 0 Å². The fraction of sp³-hybridized carbons (Fsp3) is 0.391. The summed E-state index contributed by atoms with van der Waals surface area (Å²) in [7, 11) is 0. The number of carbonyl (C=O) groups is 1. The van der Waals surface area contributed by atoms with E-state index in [1.165, 1.54) is 0 Å². The third kappa shape index (κ3) is 3.24. The number of carbonyl (C=O) groups excluding carboxylic acids is 1. The van der Waals surface area contributed by atoms with Gasteiger partial charge in [0.05, 0.1) is 17.9 Å². The Morgan fingerprint density at radius 3 is 2.67 bits per heavy atom. The lowest BCUT2D eigenvalue weighted by Crippen LogP contribution is -2.35. The lowest BCUT2D eigenvalue weighted by atomic mass is 9.89. The van der Waals surface area contributed by atoms with Gasteiger partial charge in [-0.3, -0.25) is 9.78 Å². The predicted molar refractivity (Wildman–Crippen MR) is 112 cm³/mol. The molecule has 1 amide bonds. The summed E-state index contributed by atoms with van der Waals surface area (Å²) >= 11 is 0. The molecule has 2 fully saturated rings. The SMILES string of the molecule is CC(C)c1cc(C(=O)N2C[C@@H]3CN(c4cnccn4)C[C@@H]3[C@H]2c2ccccc2)on1. The van der Waals surface area contributed by atoms with E-state index in [0.717, 1.165) is 30.2 Å². The van der Waals surface area contributed by atoms with Gasteiger partial charge in [-0.25, -0.2) is 4.98 Å². The standard InChI is InChI=1S/C23H25N5O2/c1-15(2)19-10-20(30-26-19)23(29)28-13-17-12-27(21-11-24-8-9-25-21)14-18(17)22(28)16-6-4-3-5-7-16/h3-11,15,17-18,22H,12-14H2,1-2H3/t17-,18-,22+/m0/s1. The van der Waals surface area contributed by atoms with Gasteiger partial charge in [0.15, 0.2) is 0 Å². The Bertz CT molecular complexity index is 1020. The van der Waals surface area contributed by atoms with Crippen LogP contribution in [0.15, 0.2) is 59.5 Å². The zero-order valence-corrected chi connectivity index (χ0v) is 17.2. The predicted octanol–water partition coefficient (Wildman–Crippen LogP) is 3.54. The average molecular weight is 403 g/mol. The first kappa shape index (κ1) is 18.8. The van der Waals surface area contributed by atoms with Crippen LogP contribution >= 0.6 is 0 Å². The van der Waals surface area contributed by atoms with E-state index in [1.54, 1.807) is 18.5 Å². The van der Waals surface area contributed by atoms with E-state index in [9.17, 15) is 4.79 Å². The maximum absolute atomic E-state index is 13.4. The van der Waals surface area contributed by atoms with E-state index in [0.29, 0.717) is 24.1 Å². The van der Waals surface area contributed by atoms with Crippen molar-refractivity contribution in [2.75, 3.05) is 24.5 Å². The van der Waals surface area contributed by atoms with Crippen LogP contribution in [0.25, 0.3) is 0 Å². The second-order valence-electron chi connectivity index (χ2n) is 8.48. The molecule has 2 saturated heterocycles. The van der Waals surface area contributed by atoms with Crippen LogP contribution in [0.5, 0.6) is 0 Å². The molecule has 3 atom stereocenters. The van der Waals surface area contributed by atoms with Crippen molar-refractivity contribution in [3.05, 3.63) is 72.0 Å². The highest BCUT2D eigenvalue weighted by atomic mass is 16.5. The Hall–Kier alpha value is -3.22. The summed E-state index contributed by atoms with van der Waals surface area (Å²) in [5.41, 5.74) is 1.96. The molecular weight excluding hydrogens is 378 g/mol. The van der Waals surface area contributed by atoms with Crippen LogP contribution in [0, 0.1) is 11.8 Å². The first-order chi connectivity index (χ1) is 14.6. The second-order valence-corrected chi connectivity index (χ2v) is 8.48. The molecule has 2 aliphatic heterocycles. The van der Waals surface area contributed by atoms with Crippen LogP contribution in [-0.4, -0.2) is 45.6 Å². The maximum atomic E-state index is 13.4. The maximum Gasteiger partial charge on any atom is 0.293 e. The summed E-state index contributed by atoms with van der Waals surface area (Å²) in [4.78, 5) is 26.3. The van der Waals surface area contributed by atoms with E-state index in [-0.39, 0.29) is 17.9 Å². The molecule has 2 aliphatic rings. The minimum atomic E-state index is -0.0799. The normalized spacial score (nSPS) is 23.2.